The summed E-state index contributed by atoms with van der Waals surface area (Å²) < 4.78 is 10.4. The van der Waals surface area contributed by atoms with E-state index >= 15 is 0 Å². The molecular formula is C12H17ClN2O2. The van der Waals surface area contributed by atoms with Gasteiger partial charge in [-0.15, -0.1) is 0 Å². The second-order valence-electron chi connectivity index (χ2n) is 4.02. The fourth-order valence-corrected chi connectivity index (χ4v) is 2.17. The van der Waals surface area contributed by atoms with Gasteiger partial charge in [-0.25, -0.2) is 0 Å². The van der Waals surface area contributed by atoms with Gasteiger partial charge in [0.25, 0.3) is 0 Å². The summed E-state index contributed by atoms with van der Waals surface area (Å²) in [6.45, 7) is 2.01. The Bertz CT molecular complexity index is 392. The lowest BCUT2D eigenvalue weighted by Crippen LogP contribution is -2.22. The van der Waals surface area contributed by atoms with Crippen molar-refractivity contribution in [2.45, 2.75) is 12.5 Å². The van der Waals surface area contributed by atoms with Crippen molar-refractivity contribution in [3.8, 4) is 11.5 Å². The molecule has 1 aliphatic heterocycles. The molecule has 0 amide bonds. The summed E-state index contributed by atoms with van der Waals surface area (Å²) in [4.78, 5) is 0. The van der Waals surface area contributed by atoms with Crippen LogP contribution in [-0.4, -0.2) is 33.4 Å². The van der Waals surface area contributed by atoms with Gasteiger partial charge in [-0.05, 0) is 13.0 Å². The summed E-state index contributed by atoms with van der Waals surface area (Å²) in [5.41, 5.74) is 0.887. The molecule has 1 unspecified atom stereocenters. The van der Waals surface area contributed by atoms with Crippen LogP contribution < -0.4 is 20.1 Å². The third-order valence-corrected chi connectivity index (χ3v) is 3.21. The SMILES string of the molecule is COc1cc(Cl)c(NC2CCNC2)cc1OC. The molecule has 5 heteroatoms. The molecule has 0 bridgehead atoms. The van der Waals surface area contributed by atoms with Crippen molar-refractivity contribution in [1.29, 1.82) is 0 Å². The van der Waals surface area contributed by atoms with Crippen LogP contribution in [-0.2, 0) is 0 Å². The maximum absolute atomic E-state index is 6.20. The van der Waals surface area contributed by atoms with Crippen LogP contribution in [0.2, 0.25) is 5.02 Å². The molecular weight excluding hydrogens is 240 g/mol. The van der Waals surface area contributed by atoms with Crippen LogP contribution in [0.4, 0.5) is 5.69 Å². The summed E-state index contributed by atoms with van der Waals surface area (Å²) in [5.74, 6) is 1.33. The molecule has 0 aliphatic carbocycles. The molecule has 1 fully saturated rings. The predicted molar refractivity (Wildman–Crippen MR) is 69.5 cm³/mol. The van der Waals surface area contributed by atoms with Gasteiger partial charge < -0.3 is 20.1 Å². The van der Waals surface area contributed by atoms with Crippen molar-refractivity contribution in [2.24, 2.45) is 0 Å². The smallest absolute Gasteiger partial charge is 0.162 e. The molecule has 1 aliphatic rings. The molecule has 1 heterocycles. The lowest BCUT2D eigenvalue weighted by molar-refractivity contribution is 0.355. The number of hydrogen-bond donors (Lipinski definition) is 2. The quantitative estimate of drug-likeness (QED) is 0.866. The molecule has 17 heavy (non-hydrogen) atoms. The van der Waals surface area contributed by atoms with Crippen LogP contribution in [0.25, 0.3) is 0 Å². The van der Waals surface area contributed by atoms with E-state index in [0.29, 0.717) is 22.6 Å². The normalized spacial score (nSPS) is 19.1. The first-order chi connectivity index (χ1) is 8.24. The fourth-order valence-electron chi connectivity index (χ4n) is 1.96. The lowest BCUT2D eigenvalue weighted by atomic mass is 10.2. The minimum Gasteiger partial charge on any atom is -0.493 e. The van der Waals surface area contributed by atoms with Crippen LogP contribution >= 0.6 is 11.6 Å². The number of anilines is 1. The number of benzene rings is 1. The summed E-state index contributed by atoms with van der Waals surface area (Å²) in [7, 11) is 3.22. The van der Waals surface area contributed by atoms with Crippen molar-refractivity contribution in [1.82, 2.24) is 5.32 Å². The molecule has 1 aromatic carbocycles. The maximum Gasteiger partial charge on any atom is 0.162 e. The topological polar surface area (TPSA) is 42.5 Å². The number of nitrogens with one attached hydrogen (secondary N) is 2. The number of methoxy groups -OCH3 is 2. The van der Waals surface area contributed by atoms with Crippen LogP contribution in [0, 0.1) is 0 Å². The Kier molecular flexibility index (Phi) is 3.97. The molecule has 0 aromatic heterocycles. The van der Waals surface area contributed by atoms with Gasteiger partial charge in [0, 0.05) is 24.7 Å². The van der Waals surface area contributed by atoms with E-state index in [0.717, 1.165) is 25.2 Å². The van der Waals surface area contributed by atoms with Crippen LogP contribution in [0.5, 0.6) is 11.5 Å². The van der Waals surface area contributed by atoms with E-state index in [2.05, 4.69) is 10.6 Å². The predicted octanol–water partition coefficient (Wildman–Crippen LogP) is 2.13. The van der Waals surface area contributed by atoms with Crippen molar-refractivity contribution >= 4 is 17.3 Å². The van der Waals surface area contributed by atoms with Crippen LogP contribution in [0.1, 0.15) is 6.42 Å². The first kappa shape index (κ1) is 12.3. The van der Waals surface area contributed by atoms with Gasteiger partial charge in [-0.2, -0.15) is 0 Å². The minimum atomic E-state index is 0.422. The third kappa shape index (κ3) is 2.76. The summed E-state index contributed by atoms with van der Waals surface area (Å²) in [6.07, 6.45) is 1.10. The van der Waals surface area contributed by atoms with E-state index in [9.17, 15) is 0 Å². The Balaban J connectivity index is 2.20. The summed E-state index contributed by atoms with van der Waals surface area (Å²) >= 11 is 6.20. The highest BCUT2D eigenvalue weighted by Crippen LogP contribution is 2.36. The number of ether oxygens (including phenoxy) is 2. The Labute approximate surface area is 106 Å². The van der Waals surface area contributed by atoms with Crippen LogP contribution in [0.15, 0.2) is 12.1 Å². The molecule has 0 radical (unpaired) electrons. The second-order valence-corrected chi connectivity index (χ2v) is 4.43. The standard InChI is InChI=1S/C12H17ClN2O2/c1-16-11-5-9(13)10(6-12(11)17-2)15-8-3-4-14-7-8/h5-6,8,14-15H,3-4,7H2,1-2H3. The molecule has 1 aromatic rings. The molecule has 1 saturated heterocycles. The van der Waals surface area contributed by atoms with E-state index in [4.69, 9.17) is 21.1 Å². The van der Waals surface area contributed by atoms with Gasteiger partial charge in [0.1, 0.15) is 0 Å². The number of halogens is 1. The Morgan fingerprint density at radius 1 is 1.29 bits per heavy atom. The molecule has 94 valence electrons. The molecule has 0 spiro atoms. The van der Waals surface area contributed by atoms with Gasteiger partial charge in [0.15, 0.2) is 11.5 Å². The lowest BCUT2D eigenvalue weighted by Gasteiger charge is -2.16. The molecule has 1 atom stereocenters. The number of rotatable bonds is 4. The number of hydrogen-bond acceptors (Lipinski definition) is 4. The first-order valence-corrected chi connectivity index (χ1v) is 6.01. The summed E-state index contributed by atoms with van der Waals surface area (Å²) in [5, 5.41) is 7.35. The highest BCUT2D eigenvalue weighted by atomic mass is 35.5. The Morgan fingerprint density at radius 2 is 2.00 bits per heavy atom. The van der Waals surface area contributed by atoms with E-state index in [-0.39, 0.29) is 0 Å². The van der Waals surface area contributed by atoms with Crippen molar-refractivity contribution in [2.75, 3.05) is 32.6 Å². The highest BCUT2D eigenvalue weighted by molar-refractivity contribution is 6.33. The molecule has 2 rings (SSSR count). The van der Waals surface area contributed by atoms with E-state index in [1.807, 2.05) is 6.07 Å². The minimum absolute atomic E-state index is 0.422. The average molecular weight is 257 g/mol. The van der Waals surface area contributed by atoms with Gasteiger partial charge in [-0.1, -0.05) is 11.6 Å². The molecule has 0 saturated carbocycles. The van der Waals surface area contributed by atoms with Gasteiger partial charge in [-0.3, -0.25) is 0 Å². The first-order valence-electron chi connectivity index (χ1n) is 5.63. The monoisotopic (exact) mass is 256 g/mol. The summed E-state index contributed by atoms with van der Waals surface area (Å²) in [6, 6.07) is 4.07. The second kappa shape index (κ2) is 5.47. The van der Waals surface area contributed by atoms with Crippen molar-refractivity contribution < 1.29 is 9.47 Å². The van der Waals surface area contributed by atoms with Gasteiger partial charge in [0.05, 0.1) is 24.9 Å². The van der Waals surface area contributed by atoms with Crippen molar-refractivity contribution in [3.63, 3.8) is 0 Å². The van der Waals surface area contributed by atoms with E-state index in [1.165, 1.54) is 0 Å². The van der Waals surface area contributed by atoms with Gasteiger partial charge >= 0.3 is 0 Å². The zero-order valence-corrected chi connectivity index (χ0v) is 10.8. The largest absolute Gasteiger partial charge is 0.493 e. The maximum atomic E-state index is 6.20. The third-order valence-electron chi connectivity index (χ3n) is 2.89. The highest BCUT2D eigenvalue weighted by Gasteiger charge is 2.17. The Hall–Kier alpha value is -1.13. The van der Waals surface area contributed by atoms with E-state index < -0.39 is 0 Å². The van der Waals surface area contributed by atoms with Crippen molar-refractivity contribution in [3.05, 3.63) is 17.2 Å². The molecule has 2 N–H and O–H groups in total. The molecule has 4 nitrogen and oxygen atoms in total. The average Bonchev–Trinajstić information content (AvgIpc) is 2.84. The zero-order chi connectivity index (χ0) is 12.3. The van der Waals surface area contributed by atoms with Crippen LogP contribution in [0.3, 0.4) is 0 Å². The zero-order valence-electron chi connectivity index (χ0n) is 10.0. The fraction of sp³-hybridized carbons (Fsp3) is 0.500. The van der Waals surface area contributed by atoms with E-state index in [1.54, 1.807) is 20.3 Å². The Morgan fingerprint density at radius 3 is 2.59 bits per heavy atom. The van der Waals surface area contributed by atoms with Gasteiger partial charge in [0.2, 0.25) is 0 Å².